The molecule has 0 unspecified atom stereocenters. The Morgan fingerprint density at radius 1 is 1.38 bits per heavy atom. The minimum atomic E-state index is -1.29. The van der Waals surface area contributed by atoms with Crippen molar-refractivity contribution in [1.29, 1.82) is 0 Å². The maximum absolute atomic E-state index is 13.0. The van der Waals surface area contributed by atoms with Crippen LogP contribution in [-0.4, -0.2) is 40.2 Å². The summed E-state index contributed by atoms with van der Waals surface area (Å²) in [6.45, 7) is 3.77. The van der Waals surface area contributed by atoms with E-state index in [0.29, 0.717) is 20.8 Å². The number of hydrogen-bond acceptors (Lipinski definition) is 5. The summed E-state index contributed by atoms with van der Waals surface area (Å²) in [7, 11) is 0. The molecule has 2 atom stereocenters. The smallest absolute Gasteiger partial charge is 0.262 e. The molecule has 1 aliphatic rings. The summed E-state index contributed by atoms with van der Waals surface area (Å²) >= 11 is 8.92. The Hall–Kier alpha value is -1.20. The molecule has 0 bridgehead atoms. The van der Waals surface area contributed by atoms with E-state index in [0.717, 1.165) is 30.8 Å². The van der Waals surface area contributed by atoms with Gasteiger partial charge in [0.2, 0.25) is 0 Å². The number of alkyl halides is 1. The predicted molar refractivity (Wildman–Crippen MR) is 125 cm³/mol. The summed E-state index contributed by atoms with van der Waals surface area (Å²) in [5.41, 5.74) is 3.17. The van der Waals surface area contributed by atoms with E-state index in [-0.39, 0.29) is 18.9 Å². The molecule has 2 heterocycles. The van der Waals surface area contributed by atoms with E-state index in [2.05, 4.69) is 28.9 Å². The van der Waals surface area contributed by atoms with Crippen LogP contribution in [0.5, 0.6) is 0 Å². The molecule has 4 N–H and O–H groups in total. The average Bonchev–Trinajstić information content (AvgIpc) is 3.03. The van der Waals surface area contributed by atoms with Gasteiger partial charge in [0.15, 0.2) is 3.55 Å². The predicted octanol–water partition coefficient (Wildman–Crippen LogP) is 3.53. The molecule has 0 saturated carbocycles. The number of benzene rings is 1. The Morgan fingerprint density at radius 3 is 2.86 bits per heavy atom. The summed E-state index contributed by atoms with van der Waals surface area (Å²) < 4.78 is -0.795. The standard InChI is InChI=1S/C20H23ClIN3O3S/c1-12-11-23-8-6-13-10-14(2-3-15(12)13)24-19(28)20(22,7-9-26)25-18(27)16-4-5-17(21)29-16/h2-5,10,12,23,26H,6-9,11H2,1H3,(H,24,28)(H,25,27)/t12-,20-/m1/s1. The molecule has 1 aromatic carbocycles. The molecule has 1 aromatic heterocycles. The Balaban J connectivity index is 1.77. The summed E-state index contributed by atoms with van der Waals surface area (Å²) in [5.74, 6) is -0.378. The van der Waals surface area contributed by atoms with Gasteiger partial charge in [-0.3, -0.25) is 9.59 Å². The van der Waals surface area contributed by atoms with Crippen LogP contribution in [0, 0.1) is 0 Å². The first-order valence-electron chi connectivity index (χ1n) is 9.35. The molecular weight excluding hydrogens is 525 g/mol. The fraction of sp³-hybridized carbons (Fsp3) is 0.400. The number of rotatable bonds is 6. The van der Waals surface area contributed by atoms with Crippen LogP contribution in [0.3, 0.4) is 0 Å². The number of thiophene rings is 1. The largest absolute Gasteiger partial charge is 0.396 e. The summed E-state index contributed by atoms with van der Waals surface area (Å²) in [6.07, 6.45) is 0.974. The SMILES string of the molecule is C[C@@H]1CNCCc2cc(NC(=O)[C@@](I)(CCO)NC(=O)c3ccc(Cl)s3)ccc21. The molecular formula is C20H23ClIN3O3S. The van der Waals surface area contributed by atoms with Gasteiger partial charge in [0.25, 0.3) is 11.8 Å². The molecule has 9 heteroatoms. The van der Waals surface area contributed by atoms with Gasteiger partial charge in [-0.25, -0.2) is 0 Å². The van der Waals surface area contributed by atoms with Crippen LogP contribution in [0.2, 0.25) is 4.34 Å². The molecule has 0 aliphatic carbocycles. The zero-order chi connectivity index (χ0) is 21.0. The summed E-state index contributed by atoms with van der Waals surface area (Å²) in [5, 5.41) is 18.5. The highest BCUT2D eigenvalue weighted by atomic mass is 127. The zero-order valence-corrected chi connectivity index (χ0v) is 19.7. The maximum atomic E-state index is 13.0. The van der Waals surface area contributed by atoms with Crippen molar-refractivity contribution in [2.45, 2.75) is 29.2 Å². The first kappa shape index (κ1) is 22.5. The Bertz CT molecular complexity index is 907. The highest BCUT2D eigenvalue weighted by molar-refractivity contribution is 14.1. The third kappa shape index (κ3) is 5.49. The quantitative estimate of drug-likeness (QED) is 0.253. The maximum Gasteiger partial charge on any atom is 0.262 e. The van der Waals surface area contributed by atoms with E-state index in [1.807, 2.05) is 34.7 Å². The van der Waals surface area contributed by atoms with Crippen molar-refractivity contribution in [3.8, 4) is 0 Å². The third-order valence-corrected chi connectivity index (χ3v) is 7.41. The van der Waals surface area contributed by atoms with Gasteiger partial charge < -0.3 is 21.1 Å². The van der Waals surface area contributed by atoms with Crippen molar-refractivity contribution < 1.29 is 14.7 Å². The van der Waals surface area contributed by atoms with Gasteiger partial charge in [-0.05, 0) is 76.9 Å². The first-order valence-corrected chi connectivity index (χ1v) is 11.6. The number of carbonyl (C=O) groups excluding carboxylic acids is 2. The topological polar surface area (TPSA) is 90.5 Å². The lowest BCUT2D eigenvalue weighted by molar-refractivity contribution is -0.118. The van der Waals surface area contributed by atoms with Crippen LogP contribution < -0.4 is 16.0 Å². The molecule has 2 aromatic rings. The van der Waals surface area contributed by atoms with Crippen molar-refractivity contribution in [3.05, 3.63) is 50.7 Å². The van der Waals surface area contributed by atoms with Crippen molar-refractivity contribution in [1.82, 2.24) is 10.6 Å². The number of halogens is 2. The molecule has 0 saturated heterocycles. The van der Waals surface area contributed by atoms with Crippen molar-refractivity contribution >= 4 is 63.0 Å². The molecule has 1 aliphatic heterocycles. The van der Waals surface area contributed by atoms with Crippen molar-refractivity contribution in [3.63, 3.8) is 0 Å². The van der Waals surface area contributed by atoms with E-state index >= 15 is 0 Å². The molecule has 6 nitrogen and oxygen atoms in total. The van der Waals surface area contributed by atoms with E-state index in [9.17, 15) is 14.7 Å². The highest BCUT2D eigenvalue weighted by Gasteiger charge is 2.37. The number of anilines is 1. The number of carbonyl (C=O) groups is 2. The van der Waals surface area contributed by atoms with Gasteiger partial charge in [0, 0.05) is 25.3 Å². The van der Waals surface area contributed by atoms with Crippen LogP contribution in [0.4, 0.5) is 5.69 Å². The lowest BCUT2D eigenvalue weighted by atomic mass is 9.95. The summed E-state index contributed by atoms with van der Waals surface area (Å²) in [6, 6.07) is 9.17. The minimum absolute atomic E-state index is 0.0795. The van der Waals surface area contributed by atoms with Gasteiger partial charge in [0.05, 0.1) is 9.21 Å². The Kier molecular flexibility index (Phi) is 7.55. The molecule has 2 amide bonds. The van der Waals surface area contributed by atoms with Crippen LogP contribution in [0.1, 0.15) is 40.1 Å². The van der Waals surface area contributed by atoms with Crippen LogP contribution in [0.15, 0.2) is 30.3 Å². The first-order chi connectivity index (χ1) is 13.8. The fourth-order valence-corrected chi connectivity index (χ4v) is 4.89. The second kappa shape index (κ2) is 9.74. The average molecular weight is 548 g/mol. The highest BCUT2D eigenvalue weighted by Crippen LogP contribution is 2.28. The van der Waals surface area contributed by atoms with E-state index in [4.69, 9.17) is 11.6 Å². The molecule has 3 rings (SSSR count). The van der Waals surface area contributed by atoms with Crippen LogP contribution in [-0.2, 0) is 11.2 Å². The van der Waals surface area contributed by atoms with E-state index < -0.39 is 9.45 Å². The fourth-order valence-electron chi connectivity index (χ4n) is 3.33. The lowest BCUT2D eigenvalue weighted by Crippen LogP contribution is -2.52. The number of aliphatic hydroxyl groups excluding tert-OH is 1. The van der Waals surface area contributed by atoms with E-state index in [1.54, 1.807) is 12.1 Å². The van der Waals surface area contributed by atoms with Gasteiger partial charge in [0.1, 0.15) is 0 Å². The Morgan fingerprint density at radius 2 is 2.17 bits per heavy atom. The molecule has 0 spiro atoms. The number of fused-ring (bicyclic) bond motifs is 1. The molecule has 29 heavy (non-hydrogen) atoms. The number of aliphatic hydroxyl groups is 1. The van der Waals surface area contributed by atoms with E-state index in [1.165, 1.54) is 11.1 Å². The minimum Gasteiger partial charge on any atom is -0.396 e. The van der Waals surface area contributed by atoms with Gasteiger partial charge in [-0.2, -0.15) is 0 Å². The Labute approximate surface area is 192 Å². The molecule has 0 radical (unpaired) electrons. The van der Waals surface area contributed by atoms with Crippen molar-refractivity contribution in [2.24, 2.45) is 0 Å². The monoisotopic (exact) mass is 547 g/mol. The third-order valence-electron chi connectivity index (χ3n) is 4.88. The number of amides is 2. The van der Waals surface area contributed by atoms with Crippen LogP contribution in [0.25, 0.3) is 0 Å². The zero-order valence-electron chi connectivity index (χ0n) is 15.9. The van der Waals surface area contributed by atoms with Gasteiger partial charge in [-0.15, -0.1) is 11.3 Å². The summed E-state index contributed by atoms with van der Waals surface area (Å²) in [4.78, 5) is 26.0. The lowest BCUT2D eigenvalue weighted by Gasteiger charge is -2.27. The van der Waals surface area contributed by atoms with Gasteiger partial charge >= 0.3 is 0 Å². The second-order valence-corrected chi connectivity index (χ2v) is 10.6. The number of hydrogen-bond donors (Lipinski definition) is 4. The van der Waals surface area contributed by atoms with Gasteiger partial charge in [-0.1, -0.05) is 24.6 Å². The van der Waals surface area contributed by atoms with Crippen molar-refractivity contribution in [2.75, 3.05) is 25.0 Å². The molecule has 156 valence electrons. The van der Waals surface area contributed by atoms with Crippen LogP contribution >= 0.6 is 45.5 Å². The normalized spacial score (nSPS) is 18.3. The molecule has 0 fully saturated rings. The number of nitrogens with one attached hydrogen (secondary N) is 3. The second-order valence-electron chi connectivity index (χ2n) is 7.06.